The summed E-state index contributed by atoms with van der Waals surface area (Å²) in [6.45, 7) is 3.24. The third-order valence-corrected chi connectivity index (χ3v) is 4.39. The van der Waals surface area contributed by atoms with Gasteiger partial charge in [-0.25, -0.2) is 4.79 Å². The van der Waals surface area contributed by atoms with Crippen molar-refractivity contribution >= 4 is 11.7 Å². The van der Waals surface area contributed by atoms with Crippen LogP contribution in [0.3, 0.4) is 0 Å². The minimum absolute atomic E-state index is 0.0259. The topological polar surface area (TPSA) is 41.6 Å². The van der Waals surface area contributed by atoms with Crippen LogP contribution >= 0.6 is 0 Å². The Morgan fingerprint density at radius 2 is 1.95 bits per heavy atom. The van der Waals surface area contributed by atoms with Crippen LogP contribution in [-0.4, -0.2) is 30.6 Å². The van der Waals surface area contributed by atoms with Crippen LogP contribution in [0.2, 0.25) is 0 Å². The molecule has 120 valence electrons. The molecule has 2 aliphatic rings. The fourth-order valence-electron chi connectivity index (χ4n) is 2.84. The maximum absolute atomic E-state index is 12.3. The van der Waals surface area contributed by atoms with Crippen LogP contribution in [0.4, 0.5) is 10.5 Å². The molecule has 0 spiro atoms. The molecule has 0 bridgehead atoms. The molecule has 1 aromatic rings. The second kappa shape index (κ2) is 7.63. The quantitative estimate of drug-likeness (QED) is 0.892. The zero-order chi connectivity index (χ0) is 15.2. The van der Waals surface area contributed by atoms with Crippen molar-refractivity contribution in [3.8, 4) is 0 Å². The highest BCUT2D eigenvalue weighted by atomic mass is 16.5. The molecular formula is C18H26N2O2. The van der Waals surface area contributed by atoms with Crippen LogP contribution in [0.15, 0.2) is 24.3 Å². The molecule has 2 amide bonds. The molecule has 0 aromatic heterocycles. The highest BCUT2D eigenvalue weighted by Crippen LogP contribution is 2.29. The van der Waals surface area contributed by atoms with Crippen LogP contribution < -0.4 is 5.32 Å². The van der Waals surface area contributed by atoms with Crippen molar-refractivity contribution < 1.29 is 9.53 Å². The summed E-state index contributed by atoms with van der Waals surface area (Å²) in [6, 6.07) is 8.02. The molecule has 1 saturated carbocycles. The number of likely N-dealkylation sites (tertiary alicyclic amines) is 1. The molecule has 22 heavy (non-hydrogen) atoms. The Labute approximate surface area is 132 Å². The SMILES string of the molecule is O=C(Nc1cccc(COCC2CC2)c1)N1CCCCCC1. The molecule has 0 unspecified atom stereocenters. The lowest BCUT2D eigenvalue weighted by Crippen LogP contribution is -2.35. The molecule has 1 heterocycles. The summed E-state index contributed by atoms with van der Waals surface area (Å²) in [5.41, 5.74) is 1.98. The molecule has 1 aromatic carbocycles. The fourth-order valence-corrected chi connectivity index (χ4v) is 2.84. The average Bonchev–Trinajstić information content (AvgIpc) is 3.34. The average molecular weight is 302 g/mol. The second-order valence-corrected chi connectivity index (χ2v) is 6.49. The molecule has 1 saturated heterocycles. The number of amides is 2. The summed E-state index contributed by atoms with van der Waals surface area (Å²) < 4.78 is 5.71. The molecule has 0 atom stereocenters. The number of ether oxygens (including phenoxy) is 1. The van der Waals surface area contributed by atoms with Gasteiger partial charge in [-0.1, -0.05) is 25.0 Å². The summed E-state index contributed by atoms with van der Waals surface area (Å²) in [5.74, 6) is 0.783. The lowest BCUT2D eigenvalue weighted by atomic mass is 10.2. The Kier molecular flexibility index (Phi) is 5.33. The van der Waals surface area contributed by atoms with Crippen molar-refractivity contribution in [3.63, 3.8) is 0 Å². The van der Waals surface area contributed by atoms with E-state index in [0.29, 0.717) is 6.61 Å². The minimum Gasteiger partial charge on any atom is -0.376 e. The van der Waals surface area contributed by atoms with E-state index >= 15 is 0 Å². The number of hydrogen-bond donors (Lipinski definition) is 1. The first-order valence-corrected chi connectivity index (χ1v) is 8.54. The molecule has 2 fully saturated rings. The number of carbonyl (C=O) groups excluding carboxylic acids is 1. The monoisotopic (exact) mass is 302 g/mol. The van der Waals surface area contributed by atoms with E-state index in [1.807, 2.05) is 23.1 Å². The van der Waals surface area contributed by atoms with Crippen molar-refractivity contribution in [2.75, 3.05) is 25.0 Å². The van der Waals surface area contributed by atoms with E-state index in [-0.39, 0.29) is 6.03 Å². The van der Waals surface area contributed by atoms with E-state index in [2.05, 4.69) is 11.4 Å². The minimum atomic E-state index is 0.0259. The summed E-state index contributed by atoms with van der Waals surface area (Å²) in [6.07, 6.45) is 7.32. The third kappa shape index (κ3) is 4.73. The predicted molar refractivity (Wildman–Crippen MR) is 87.9 cm³/mol. The smallest absolute Gasteiger partial charge is 0.321 e. The lowest BCUT2D eigenvalue weighted by molar-refractivity contribution is 0.111. The van der Waals surface area contributed by atoms with Gasteiger partial charge in [-0.05, 0) is 49.3 Å². The Morgan fingerprint density at radius 3 is 2.68 bits per heavy atom. The van der Waals surface area contributed by atoms with Gasteiger partial charge in [-0.2, -0.15) is 0 Å². The number of benzene rings is 1. The van der Waals surface area contributed by atoms with E-state index in [9.17, 15) is 4.79 Å². The van der Waals surface area contributed by atoms with Gasteiger partial charge in [-0.3, -0.25) is 0 Å². The molecule has 4 heteroatoms. The Bertz CT molecular complexity index is 492. The molecule has 1 aliphatic carbocycles. The maximum atomic E-state index is 12.3. The molecule has 1 N–H and O–H groups in total. The molecule has 3 rings (SSSR count). The van der Waals surface area contributed by atoms with Gasteiger partial charge in [0.05, 0.1) is 6.61 Å². The Morgan fingerprint density at radius 1 is 1.18 bits per heavy atom. The lowest BCUT2D eigenvalue weighted by Gasteiger charge is -2.21. The Balaban J connectivity index is 1.50. The summed E-state index contributed by atoms with van der Waals surface area (Å²) in [5, 5.41) is 3.02. The highest BCUT2D eigenvalue weighted by molar-refractivity contribution is 5.89. The molecule has 1 aliphatic heterocycles. The van der Waals surface area contributed by atoms with Gasteiger partial charge in [0.1, 0.15) is 0 Å². The first-order chi connectivity index (χ1) is 10.8. The van der Waals surface area contributed by atoms with E-state index in [1.54, 1.807) is 0 Å². The van der Waals surface area contributed by atoms with E-state index in [4.69, 9.17) is 4.74 Å². The zero-order valence-electron chi connectivity index (χ0n) is 13.2. The van der Waals surface area contributed by atoms with Crippen LogP contribution in [0, 0.1) is 5.92 Å². The van der Waals surface area contributed by atoms with Crippen molar-refractivity contribution in [2.24, 2.45) is 5.92 Å². The maximum Gasteiger partial charge on any atom is 0.321 e. The number of carbonyl (C=O) groups is 1. The van der Waals surface area contributed by atoms with Crippen molar-refractivity contribution in [1.82, 2.24) is 4.90 Å². The van der Waals surface area contributed by atoms with Gasteiger partial charge in [0.15, 0.2) is 0 Å². The van der Waals surface area contributed by atoms with Gasteiger partial charge in [0.25, 0.3) is 0 Å². The van der Waals surface area contributed by atoms with Crippen molar-refractivity contribution in [3.05, 3.63) is 29.8 Å². The van der Waals surface area contributed by atoms with E-state index < -0.39 is 0 Å². The largest absolute Gasteiger partial charge is 0.376 e. The number of nitrogens with zero attached hydrogens (tertiary/aromatic N) is 1. The van der Waals surface area contributed by atoms with Crippen molar-refractivity contribution in [2.45, 2.75) is 45.1 Å². The number of anilines is 1. The molecule has 4 nitrogen and oxygen atoms in total. The van der Waals surface area contributed by atoms with Gasteiger partial charge in [-0.15, -0.1) is 0 Å². The van der Waals surface area contributed by atoms with Gasteiger partial charge in [0.2, 0.25) is 0 Å². The van der Waals surface area contributed by atoms with Crippen LogP contribution in [0.25, 0.3) is 0 Å². The normalized spacial score (nSPS) is 18.8. The van der Waals surface area contributed by atoms with Gasteiger partial charge >= 0.3 is 6.03 Å². The van der Waals surface area contributed by atoms with E-state index in [1.165, 1.54) is 25.7 Å². The first-order valence-electron chi connectivity index (χ1n) is 8.54. The van der Waals surface area contributed by atoms with Crippen LogP contribution in [0.5, 0.6) is 0 Å². The second-order valence-electron chi connectivity index (χ2n) is 6.49. The Hall–Kier alpha value is -1.55. The summed E-state index contributed by atoms with van der Waals surface area (Å²) in [4.78, 5) is 14.3. The van der Waals surface area contributed by atoms with Crippen LogP contribution in [0.1, 0.15) is 44.1 Å². The number of nitrogens with one attached hydrogen (secondary N) is 1. The first kappa shape index (κ1) is 15.3. The van der Waals surface area contributed by atoms with E-state index in [0.717, 1.165) is 49.7 Å². The number of rotatable bonds is 5. The number of urea groups is 1. The summed E-state index contributed by atoms with van der Waals surface area (Å²) >= 11 is 0. The fraction of sp³-hybridized carbons (Fsp3) is 0.611. The molecular weight excluding hydrogens is 276 g/mol. The highest BCUT2D eigenvalue weighted by Gasteiger charge is 2.21. The zero-order valence-corrected chi connectivity index (χ0v) is 13.2. The summed E-state index contributed by atoms with van der Waals surface area (Å²) in [7, 11) is 0. The predicted octanol–water partition coefficient (Wildman–Crippen LogP) is 4.02. The van der Waals surface area contributed by atoms with Crippen molar-refractivity contribution in [1.29, 1.82) is 0 Å². The standard InChI is InChI=1S/C18H26N2O2/c21-18(20-10-3-1-2-4-11-20)19-17-7-5-6-16(12-17)14-22-13-15-8-9-15/h5-7,12,15H,1-4,8-11,13-14H2,(H,19,21). The van der Waals surface area contributed by atoms with Crippen LogP contribution in [-0.2, 0) is 11.3 Å². The number of hydrogen-bond acceptors (Lipinski definition) is 2. The third-order valence-electron chi connectivity index (χ3n) is 4.39. The molecule has 0 radical (unpaired) electrons. The van der Waals surface area contributed by atoms with Gasteiger partial charge < -0.3 is 15.0 Å². The van der Waals surface area contributed by atoms with Gasteiger partial charge in [0, 0.05) is 25.4 Å².